The Morgan fingerprint density at radius 2 is 1.80 bits per heavy atom. The van der Waals surface area contributed by atoms with Gasteiger partial charge in [-0.25, -0.2) is 9.59 Å². The average molecular weight is 356 g/mol. The third-order valence-corrected chi connectivity index (χ3v) is 3.15. The van der Waals surface area contributed by atoms with E-state index in [-0.39, 0.29) is 17.9 Å². The van der Waals surface area contributed by atoms with E-state index in [9.17, 15) is 14.4 Å². The molecular formula is C18H32N2O5. The summed E-state index contributed by atoms with van der Waals surface area (Å²) in [5.41, 5.74) is -0.585. The molecule has 1 N–H and O–H groups in total. The van der Waals surface area contributed by atoms with Gasteiger partial charge in [0.25, 0.3) is 0 Å². The molecule has 2 amide bonds. The number of carbonyl (C=O) groups is 3. The zero-order valence-corrected chi connectivity index (χ0v) is 16.3. The van der Waals surface area contributed by atoms with Crippen molar-refractivity contribution >= 4 is 18.0 Å². The van der Waals surface area contributed by atoms with Crippen LogP contribution in [0.2, 0.25) is 0 Å². The van der Waals surface area contributed by atoms with Crippen molar-refractivity contribution in [3.63, 3.8) is 0 Å². The highest BCUT2D eigenvalue weighted by Gasteiger charge is 2.20. The van der Waals surface area contributed by atoms with Gasteiger partial charge in [0.15, 0.2) is 0 Å². The number of hydrogen-bond acceptors (Lipinski definition) is 5. The summed E-state index contributed by atoms with van der Waals surface area (Å²) < 4.78 is 10.1. The largest absolute Gasteiger partial charge is 0.463 e. The molecule has 0 fully saturated rings. The number of rotatable bonds is 9. The van der Waals surface area contributed by atoms with Gasteiger partial charge in [-0.2, -0.15) is 0 Å². The first-order valence-electron chi connectivity index (χ1n) is 8.58. The van der Waals surface area contributed by atoms with E-state index < -0.39 is 11.7 Å². The Morgan fingerprint density at radius 1 is 1.16 bits per heavy atom. The van der Waals surface area contributed by atoms with E-state index in [4.69, 9.17) is 9.47 Å². The molecule has 0 rings (SSSR count). The van der Waals surface area contributed by atoms with E-state index in [1.807, 2.05) is 0 Å². The van der Waals surface area contributed by atoms with Crippen molar-refractivity contribution in [3.05, 3.63) is 12.2 Å². The quantitative estimate of drug-likeness (QED) is 0.507. The number of allylic oxidation sites excluding steroid dienone is 1. The lowest BCUT2D eigenvalue weighted by atomic mass is 10.1. The molecule has 144 valence electrons. The number of hydrogen-bond donors (Lipinski definition) is 1. The second-order valence-corrected chi connectivity index (χ2v) is 6.90. The molecule has 0 saturated carbocycles. The van der Waals surface area contributed by atoms with Gasteiger partial charge in [0, 0.05) is 32.6 Å². The summed E-state index contributed by atoms with van der Waals surface area (Å²) in [5.74, 6) is -0.389. The highest BCUT2D eigenvalue weighted by atomic mass is 16.6. The van der Waals surface area contributed by atoms with Crippen molar-refractivity contribution in [2.45, 2.75) is 65.0 Å². The first kappa shape index (κ1) is 22.9. The van der Waals surface area contributed by atoms with Crippen LogP contribution in [0.15, 0.2) is 12.2 Å². The van der Waals surface area contributed by atoms with Crippen LogP contribution in [0, 0.1) is 0 Å². The predicted octanol–water partition coefficient (Wildman–Crippen LogP) is 2.65. The maximum absolute atomic E-state index is 12.0. The van der Waals surface area contributed by atoms with Crippen molar-refractivity contribution < 1.29 is 23.9 Å². The van der Waals surface area contributed by atoms with Gasteiger partial charge in [-0.3, -0.25) is 4.79 Å². The zero-order chi connectivity index (χ0) is 19.5. The van der Waals surface area contributed by atoms with Crippen LogP contribution in [0.4, 0.5) is 4.79 Å². The summed E-state index contributed by atoms with van der Waals surface area (Å²) in [6, 6.07) is -0.217. The minimum Gasteiger partial charge on any atom is -0.463 e. The molecule has 0 radical (unpaired) electrons. The minimum absolute atomic E-state index is 0.00180. The molecule has 0 bridgehead atoms. The fourth-order valence-electron chi connectivity index (χ4n) is 1.95. The lowest BCUT2D eigenvalue weighted by Gasteiger charge is -2.23. The SMILES string of the molecule is CCOC(=O)/C=C/CC[C@H](CCC(=O)N(C)C)NC(=O)OC(C)(C)C. The summed E-state index contributed by atoms with van der Waals surface area (Å²) in [5, 5.41) is 2.80. The number of carbonyl (C=O) groups excluding carboxylic acids is 3. The maximum atomic E-state index is 12.0. The lowest BCUT2D eigenvalue weighted by Crippen LogP contribution is -2.39. The Kier molecular flexibility index (Phi) is 10.6. The van der Waals surface area contributed by atoms with Gasteiger partial charge in [0.2, 0.25) is 5.91 Å². The van der Waals surface area contributed by atoms with Gasteiger partial charge in [0.1, 0.15) is 5.60 Å². The van der Waals surface area contributed by atoms with Crippen molar-refractivity contribution in [1.82, 2.24) is 10.2 Å². The summed E-state index contributed by atoms with van der Waals surface area (Å²) in [6.07, 6.45) is 4.57. The molecule has 1 atom stereocenters. The van der Waals surface area contributed by atoms with Gasteiger partial charge in [-0.05, 0) is 47.0 Å². The molecule has 0 aromatic carbocycles. The van der Waals surface area contributed by atoms with E-state index in [1.54, 1.807) is 47.9 Å². The molecule has 0 aliphatic rings. The zero-order valence-electron chi connectivity index (χ0n) is 16.3. The predicted molar refractivity (Wildman–Crippen MR) is 96.1 cm³/mol. The second-order valence-electron chi connectivity index (χ2n) is 6.90. The van der Waals surface area contributed by atoms with Gasteiger partial charge >= 0.3 is 12.1 Å². The van der Waals surface area contributed by atoms with E-state index in [0.717, 1.165) is 0 Å². The number of nitrogens with one attached hydrogen (secondary N) is 1. The number of esters is 1. The summed E-state index contributed by atoms with van der Waals surface area (Å²) in [6.45, 7) is 7.45. The highest BCUT2D eigenvalue weighted by Crippen LogP contribution is 2.11. The van der Waals surface area contributed by atoms with Crippen LogP contribution in [0.25, 0.3) is 0 Å². The Hall–Kier alpha value is -2.05. The van der Waals surface area contributed by atoms with Crippen LogP contribution in [0.3, 0.4) is 0 Å². The van der Waals surface area contributed by atoms with Crippen molar-refractivity contribution in [2.75, 3.05) is 20.7 Å². The highest BCUT2D eigenvalue weighted by molar-refractivity contribution is 5.81. The van der Waals surface area contributed by atoms with Crippen LogP contribution < -0.4 is 5.32 Å². The monoisotopic (exact) mass is 356 g/mol. The first-order valence-corrected chi connectivity index (χ1v) is 8.58. The average Bonchev–Trinajstić information content (AvgIpc) is 2.46. The Labute approximate surface area is 150 Å². The van der Waals surface area contributed by atoms with Gasteiger partial charge < -0.3 is 19.7 Å². The molecular weight excluding hydrogens is 324 g/mol. The van der Waals surface area contributed by atoms with Crippen LogP contribution in [0.1, 0.15) is 53.4 Å². The van der Waals surface area contributed by atoms with Crippen molar-refractivity contribution in [3.8, 4) is 0 Å². The third-order valence-electron chi connectivity index (χ3n) is 3.15. The van der Waals surface area contributed by atoms with Gasteiger partial charge in [-0.1, -0.05) is 6.08 Å². The van der Waals surface area contributed by atoms with Crippen molar-refractivity contribution in [2.24, 2.45) is 0 Å². The van der Waals surface area contributed by atoms with E-state index in [2.05, 4.69) is 5.32 Å². The number of nitrogens with zero attached hydrogens (tertiary/aromatic N) is 1. The van der Waals surface area contributed by atoms with Gasteiger partial charge in [0.05, 0.1) is 6.61 Å². The molecule has 0 aliphatic carbocycles. The molecule has 0 aromatic rings. The molecule has 0 unspecified atom stereocenters. The van der Waals surface area contributed by atoms with Gasteiger partial charge in [-0.15, -0.1) is 0 Å². The summed E-state index contributed by atoms with van der Waals surface area (Å²) in [4.78, 5) is 36.5. The Balaban J connectivity index is 4.58. The van der Waals surface area contributed by atoms with Crippen LogP contribution >= 0.6 is 0 Å². The van der Waals surface area contributed by atoms with E-state index >= 15 is 0 Å². The minimum atomic E-state index is -0.585. The molecule has 7 heteroatoms. The van der Waals surface area contributed by atoms with Crippen molar-refractivity contribution in [1.29, 1.82) is 0 Å². The van der Waals surface area contributed by atoms with E-state index in [1.165, 1.54) is 11.0 Å². The summed E-state index contributed by atoms with van der Waals surface area (Å²) >= 11 is 0. The standard InChI is InChI=1S/C18H32N2O5/c1-7-24-16(22)11-9-8-10-14(12-13-15(21)20(5)6)19-17(23)25-18(2,3)4/h9,11,14H,7-8,10,12-13H2,1-6H3,(H,19,23)/b11-9+/t14-/m1/s1. The van der Waals surface area contributed by atoms with Crippen LogP contribution in [-0.4, -0.2) is 55.2 Å². The summed E-state index contributed by atoms with van der Waals surface area (Å²) in [7, 11) is 3.39. The normalized spacial score (nSPS) is 12.6. The fourth-order valence-corrected chi connectivity index (χ4v) is 1.95. The number of alkyl carbamates (subject to hydrolysis) is 1. The molecule has 7 nitrogen and oxygen atoms in total. The van der Waals surface area contributed by atoms with Crippen LogP contribution in [-0.2, 0) is 19.1 Å². The first-order chi connectivity index (χ1) is 11.5. The molecule has 0 saturated heterocycles. The van der Waals surface area contributed by atoms with Crippen LogP contribution in [0.5, 0.6) is 0 Å². The lowest BCUT2D eigenvalue weighted by molar-refractivity contribution is -0.137. The smallest absolute Gasteiger partial charge is 0.407 e. The molecule has 0 aromatic heterocycles. The number of ether oxygens (including phenoxy) is 2. The topological polar surface area (TPSA) is 84.9 Å². The maximum Gasteiger partial charge on any atom is 0.407 e. The molecule has 0 heterocycles. The van der Waals surface area contributed by atoms with E-state index in [0.29, 0.717) is 32.3 Å². The number of amides is 2. The molecule has 25 heavy (non-hydrogen) atoms. The molecule has 0 aliphatic heterocycles. The Bertz CT molecular complexity index is 467. The second kappa shape index (κ2) is 11.5. The fraction of sp³-hybridized carbons (Fsp3) is 0.722. The molecule has 0 spiro atoms. The third kappa shape index (κ3) is 13.0. The Morgan fingerprint density at radius 3 is 2.32 bits per heavy atom.